The third-order valence-electron chi connectivity index (χ3n) is 4.58. The molecule has 2 aliphatic carbocycles. The molecule has 1 aromatic heterocycles. The van der Waals surface area contributed by atoms with Crippen LogP contribution in [-0.4, -0.2) is 15.1 Å². The van der Waals surface area contributed by atoms with E-state index in [2.05, 4.69) is 4.98 Å². The smallest absolute Gasteiger partial charge is 0.324 e. The van der Waals surface area contributed by atoms with Gasteiger partial charge in [0.1, 0.15) is 0 Å². The molecule has 1 saturated carbocycles. The molecule has 1 aromatic rings. The first kappa shape index (κ1) is 12.7. The topological polar surface area (TPSA) is 80.9 Å². The molecule has 3 N–H and O–H groups in total. The van der Waals surface area contributed by atoms with E-state index in [1.807, 2.05) is 0 Å². The van der Waals surface area contributed by atoms with E-state index in [0.29, 0.717) is 6.54 Å². The average molecular weight is 263 g/mol. The molecule has 0 amide bonds. The van der Waals surface area contributed by atoms with Gasteiger partial charge in [0.25, 0.3) is 5.56 Å². The normalized spacial score (nSPS) is 21.3. The SMILES string of the molecule is NC1(Cn2c3c(c(=O)[nH]c2=O)CCC3)CCCCC1. The second kappa shape index (κ2) is 4.63. The van der Waals surface area contributed by atoms with E-state index in [4.69, 9.17) is 5.73 Å². The third kappa shape index (κ3) is 2.27. The predicted octanol–water partition coefficient (Wildman–Crippen LogP) is 0.687. The maximum atomic E-state index is 12.1. The lowest BCUT2D eigenvalue weighted by molar-refractivity contribution is 0.254. The average Bonchev–Trinajstić information content (AvgIpc) is 2.85. The van der Waals surface area contributed by atoms with Crippen LogP contribution in [0.3, 0.4) is 0 Å². The Morgan fingerprint density at radius 1 is 1.11 bits per heavy atom. The fourth-order valence-electron chi connectivity index (χ4n) is 3.53. The third-order valence-corrected chi connectivity index (χ3v) is 4.58. The Balaban J connectivity index is 1.99. The van der Waals surface area contributed by atoms with Gasteiger partial charge in [-0.3, -0.25) is 14.3 Å². The van der Waals surface area contributed by atoms with Crippen LogP contribution in [0.1, 0.15) is 49.8 Å². The maximum absolute atomic E-state index is 12.1. The molecule has 0 aliphatic heterocycles. The summed E-state index contributed by atoms with van der Waals surface area (Å²) < 4.78 is 1.73. The highest BCUT2D eigenvalue weighted by Gasteiger charge is 2.30. The fraction of sp³-hybridized carbons (Fsp3) is 0.714. The van der Waals surface area contributed by atoms with Crippen LogP contribution >= 0.6 is 0 Å². The van der Waals surface area contributed by atoms with Crippen LogP contribution < -0.4 is 17.0 Å². The Kier molecular flexibility index (Phi) is 3.09. The number of aromatic nitrogens is 2. The predicted molar refractivity (Wildman–Crippen MR) is 73.4 cm³/mol. The summed E-state index contributed by atoms with van der Waals surface area (Å²) in [4.78, 5) is 26.3. The van der Waals surface area contributed by atoms with Crippen LogP contribution in [0.2, 0.25) is 0 Å². The summed E-state index contributed by atoms with van der Waals surface area (Å²) in [5.41, 5.74) is 7.37. The molecule has 19 heavy (non-hydrogen) atoms. The van der Waals surface area contributed by atoms with E-state index in [-0.39, 0.29) is 16.8 Å². The van der Waals surface area contributed by atoms with Crippen LogP contribution in [0.5, 0.6) is 0 Å². The second-order valence-electron chi connectivity index (χ2n) is 6.05. The summed E-state index contributed by atoms with van der Waals surface area (Å²) in [6.07, 6.45) is 8.00. The lowest BCUT2D eigenvalue weighted by Gasteiger charge is -2.34. The maximum Gasteiger partial charge on any atom is 0.328 e. The molecule has 0 saturated heterocycles. The van der Waals surface area contributed by atoms with E-state index in [1.165, 1.54) is 6.42 Å². The molecular weight excluding hydrogens is 242 g/mol. The number of hydrogen-bond donors (Lipinski definition) is 2. The second-order valence-corrected chi connectivity index (χ2v) is 6.05. The van der Waals surface area contributed by atoms with Gasteiger partial charge in [-0.2, -0.15) is 0 Å². The molecule has 3 rings (SSSR count). The van der Waals surface area contributed by atoms with Crippen molar-refractivity contribution in [2.75, 3.05) is 0 Å². The van der Waals surface area contributed by atoms with Gasteiger partial charge in [0, 0.05) is 23.3 Å². The monoisotopic (exact) mass is 263 g/mol. The Hall–Kier alpha value is -1.36. The van der Waals surface area contributed by atoms with E-state index in [9.17, 15) is 9.59 Å². The Morgan fingerprint density at radius 2 is 1.84 bits per heavy atom. The van der Waals surface area contributed by atoms with Crippen molar-refractivity contribution >= 4 is 0 Å². The van der Waals surface area contributed by atoms with Crippen molar-refractivity contribution in [3.05, 3.63) is 32.1 Å². The van der Waals surface area contributed by atoms with Crippen LogP contribution in [-0.2, 0) is 19.4 Å². The van der Waals surface area contributed by atoms with Gasteiger partial charge >= 0.3 is 5.69 Å². The zero-order valence-corrected chi connectivity index (χ0v) is 11.2. The molecule has 1 fully saturated rings. The lowest BCUT2D eigenvalue weighted by Crippen LogP contribution is -2.49. The standard InChI is InChI=1S/C14H21N3O2/c15-14(7-2-1-3-8-14)9-17-11-6-4-5-10(11)12(18)16-13(17)19/h1-9,15H2,(H,16,18,19). The van der Waals surface area contributed by atoms with E-state index >= 15 is 0 Å². The molecule has 0 unspecified atom stereocenters. The van der Waals surface area contributed by atoms with Gasteiger partial charge in [0.2, 0.25) is 0 Å². The summed E-state index contributed by atoms with van der Waals surface area (Å²) in [5, 5.41) is 0. The largest absolute Gasteiger partial charge is 0.328 e. The van der Waals surface area contributed by atoms with Crippen molar-refractivity contribution in [3.63, 3.8) is 0 Å². The van der Waals surface area contributed by atoms with Gasteiger partial charge in [-0.05, 0) is 32.1 Å². The summed E-state index contributed by atoms with van der Waals surface area (Å²) >= 11 is 0. The lowest BCUT2D eigenvalue weighted by atomic mass is 9.82. The van der Waals surface area contributed by atoms with Crippen molar-refractivity contribution in [1.82, 2.24) is 9.55 Å². The van der Waals surface area contributed by atoms with Gasteiger partial charge in [-0.1, -0.05) is 19.3 Å². The highest BCUT2D eigenvalue weighted by molar-refractivity contribution is 5.23. The minimum absolute atomic E-state index is 0.205. The summed E-state index contributed by atoms with van der Waals surface area (Å²) in [5.74, 6) is 0. The Morgan fingerprint density at radius 3 is 2.58 bits per heavy atom. The highest BCUT2D eigenvalue weighted by Crippen LogP contribution is 2.28. The first-order valence-corrected chi connectivity index (χ1v) is 7.23. The molecule has 0 aromatic carbocycles. The van der Waals surface area contributed by atoms with Crippen molar-refractivity contribution in [1.29, 1.82) is 0 Å². The first-order valence-electron chi connectivity index (χ1n) is 7.23. The molecule has 0 bridgehead atoms. The number of hydrogen-bond acceptors (Lipinski definition) is 3. The van der Waals surface area contributed by atoms with Crippen molar-refractivity contribution in [2.45, 2.75) is 63.5 Å². The number of H-pyrrole nitrogens is 1. The van der Waals surface area contributed by atoms with Crippen molar-refractivity contribution in [3.8, 4) is 0 Å². The van der Waals surface area contributed by atoms with E-state index < -0.39 is 0 Å². The number of nitrogens with zero attached hydrogens (tertiary/aromatic N) is 1. The van der Waals surface area contributed by atoms with E-state index in [1.54, 1.807) is 4.57 Å². The Bertz CT molecular complexity index is 594. The molecule has 5 nitrogen and oxygen atoms in total. The fourth-order valence-corrected chi connectivity index (χ4v) is 3.53. The van der Waals surface area contributed by atoms with Gasteiger partial charge in [-0.15, -0.1) is 0 Å². The summed E-state index contributed by atoms with van der Waals surface area (Å²) in [6.45, 7) is 0.547. The molecule has 1 heterocycles. The zero-order chi connectivity index (χ0) is 13.5. The van der Waals surface area contributed by atoms with E-state index in [0.717, 1.165) is 56.2 Å². The highest BCUT2D eigenvalue weighted by atomic mass is 16.2. The minimum Gasteiger partial charge on any atom is -0.324 e. The molecular formula is C14H21N3O2. The summed E-state index contributed by atoms with van der Waals surface area (Å²) in [7, 11) is 0. The van der Waals surface area contributed by atoms with Crippen LogP contribution in [0.4, 0.5) is 0 Å². The molecule has 2 aliphatic rings. The van der Waals surface area contributed by atoms with Crippen LogP contribution in [0, 0.1) is 0 Å². The summed E-state index contributed by atoms with van der Waals surface area (Å²) in [6, 6.07) is 0. The van der Waals surface area contributed by atoms with Gasteiger partial charge in [0.05, 0.1) is 0 Å². The quantitative estimate of drug-likeness (QED) is 0.823. The van der Waals surface area contributed by atoms with Crippen molar-refractivity contribution < 1.29 is 0 Å². The molecule has 104 valence electrons. The number of rotatable bonds is 2. The van der Waals surface area contributed by atoms with Crippen LogP contribution in [0.25, 0.3) is 0 Å². The van der Waals surface area contributed by atoms with Gasteiger partial charge < -0.3 is 5.73 Å². The van der Waals surface area contributed by atoms with Crippen LogP contribution in [0.15, 0.2) is 9.59 Å². The minimum atomic E-state index is -0.291. The molecule has 0 radical (unpaired) electrons. The molecule has 5 heteroatoms. The van der Waals surface area contributed by atoms with Gasteiger partial charge in [0.15, 0.2) is 0 Å². The van der Waals surface area contributed by atoms with Crippen molar-refractivity contribution in [2.24, 2.45) is 5.73 Å². The number of aromatic amines is 1. The Labute approximate surface area is 111 Å². The molecule has 0 atom stereocenters. The zero-order valence-electron chi connectivity index (χ0n) is 11.2. The van der Waals surface area contributed by atoms with Gasteiger partial charge in [-0.25, -0.2) is 4.79 Å². The first-order chi connectivity index (χ1) is 9.09. The molecule has 0 spiro atoms. The number of nitrogens with one attached hydrogen (secondary N) is 1. The number of nitrogens with two attached hydrogens (primary N) is 1. The number of fused-ring (bicyclic) bond motifs is 1.